The summed E-state index contributed by atoms with van der Waals surface area (Å²) in [4.78, 5) is 25.0. The molecule has 2 N–H and O–H groups in total. The fraction of sp³-hybridized carbons (Fsp3) is 0.538. The van der Waals surface area contributed by atoms with Crippen LogP contribution in [0, 0.1) is 16.0 Å². The second-order valence-electron chi connectivity index (χ2n) is 5.14. The highest BCUT2D eigenvalue weighted by molar-refractivity contribution is 5.86. The average molecular weight is 281 g/mol. The van der Waals surface area contributed by atoms with Gasteiger partial charge < -0.3 is 10.4 Å². The number of aromatic nitrogens is 1. The highest BCUT2D eigenvalue weighted by atomic mass is 16.6. The predicted molar refractivity (Wildman–Crippen MR) is 75.0 cm³/mol. The molecule has 1 aromatic rings. The summed E-state index contributed by atoms with van der Waals surface area (Å²) >= 11 is 0. The molecule has 0 aromatic carbocycles. The summed E-state index contributed by atoms with van der Waals surface area (Å²) in [6, 6.07) is 2.27. The van der Waals surface area contributed by atoms with Gasteiger partial charge in [-0.1, -0.05) is 13.8 Å². The van der Waals surface area contributed by atoms with E-state index < -0.39 is 10.9 Å². The number of carboxylic acid groups (broad SMARTS) is 1. The Hall–Kier alpha value is -2.18. The van der Waals surface area contributed by atoms with Crippen LogP contribution in [0.4, 0.5) is 11.5 Å². The number of nitrogens with zero attached hydrogens (tertiary/aromatic N) is 2. The minimum Gasteiger partial charge on any atom is -0.477 e. The van der Waals surface area contributed by atoms with Crippen LogP contribution in [0.25, 0.3) is 0 Å². The Balaban J connectivity index is 2.92. The van der Waals surface area contributed by atoms with E-state index in [9.17, 15) is 14.9 Å². The number of nitro groups is 1. The van der Waals surface area contributed by atoms with Crippen molar-refractivity contribution in [2.75, 3.05) is 5.32 Å². The first kappa shape index (κ1) is 15.9. The van der Waals surface area contributed by atoms with Crippen LogP contribution in [0.15, 0.2) is 12.1 Å². The normalized spacial score (nSPS) is 12.2. The zero-order valence-electron chi connectivity index (χ0n) is 11.8. The topological polar surface area (TPSA) is 105 Å². The van der Waals surface area contributed by atoms with Crippen molar-refractivity contribution >= 4 is 17.5 Å². The molecular formula is C13H19N3O4. The average Bonchev–Trinajstić information content (AvgIpc) is 2.35. The van der Waals surface area contributed by atoms with Gasteiger partial charge >= 0.3 is 11.7 Å². The SMILES string of the molecule is CC(C)CCC(C)Nc1nc(C(=O)O)ccc1[N+](=O)[O-]. The molecule has 0 saturated heterocycles. The minimum atomic E-state index is -1.21. The second-order valence-corrected chi connectivity index (χ2v) is 5.14. The third-order valence-electron chi connectivity index (χ3n) is 2.85. The summed E-state index contributed by atoms with van der Waals surface area (Å²) in [5, 5.41) is 22.7. The van der Waals surface area contributed by atoms with Gasteiger partial charge in [0, 0.05) is 12.1 Å². The summed E-state index contributed by atoms with van der Waals surface area (Å²) in [5.74, 6) is -0.670. The van der Waals surface area contributed by atoms with Gasteiger partial charge in [0.15, 0.2) is 5.69 Å². The van der Waals surface area contributed by atoms with Gasteiger partial charge in [0.2, 0.25) is 5.82 Å². The Morgan fingerprint density at radius 2 is 2.05 bits per heavy atom. The van der Waals surface area contributed by atoms with Crippen LogP contribution < -0.4 is 5.32 Å². The number of pyridine rings is 1. The molecule has 0 amide bonds. The lowest BCUT2D eigenvalue weighted by Crippen LogP contribution is -2.18. The fourth-order valence-electron chi connectivity index (χ4n) is 1.71. The van der Waals surface area contributed by atoms with Gasteiger partial charge in [-0.05, 0) is 31.7 Å². The smallest absolute Gasteiger partial charge is 0.354 e. The third-order valence-corrected chi connectivity index (χ3v) is 2.85. The van der Waals surface area contributed by atoms with E-state index in [0.29, 0.717) is 5.92 Å². The lowest BCUT2D eigenvalue weighted by Gasteiger charge is -2.15. The molecule has 1 unspecified atom stereocenters. The molecule has 0 radical (unpaired) electrons. The molecule has 0 saturated carbocycles. The number of hydrogen-bond acceptors (Lipinski definition) is 5. The van der Waals surface area contributed by atoms with Crippen LogP contribution in [-0.2, 0) is 0 Å². The lowest BCUT2D eigenvalue weighted by atomic mass is 10.0. The number of carbonyl (C=O) groups is 1. The van der Waals surface area contributed by atoms with Crippen LogP contribution in [0.1, 0.15) is 44.1 Å². The number of anilines is 1. The van der Waals surface area contributed by atoms with Gasteiger partial charge in [0.05, 0.1) is 4.92 Å². The van der Waals surface area contributed by atoms with Crippen molar-refractivity contribution < 1.29 is 14.8 Å². The summed E-state index contributed by atoms with van der Waals surface area (Å²) in [6.45, 7) is 6.08. The molecule has 0 aliphatic carbocycles. The molecule has 1 heterocycles. The van der Waals surface area contributed by atoms with Crippen molar-refractivity contribution in [1.29, 1.82) is 0 Å². The van der Waals surface area contributed by atoms with E-state index in [1.165, 1.54) is 0 Å². The Bertz CT molecular complexity index is 502. The third kappa shape index (κ3) is 4.49. The van der Waals surface area contributed by atoms with E-state index in [4.69, 9.17) is 5.11 Å². The highest BCUT2D eigenvalue weighted by Crippen LogP contribution is 2.23. The van der Waals surface area contributed by atoms with E-state index in [1.54, 1.807) is 0 Å². The van der Waals surface area contributed by atoms with Crippen LogP contribution >= 0.6 is 0 Å². The van der Waals surface area contributed by atoms with E-state index in [0.717, 1.165) is 25.0 Å². The van der Waals surface area contributed by atoms with Crippen LogP contribution in [-0.4, -0.2) is 27.0 Å². The Labute approximate surface area is 117 Å². The molecule has 1 atom stereocenters. The molecule has 7 nitrogen and oxygen atoms in total. The van der Waals surface area contributed by atoms with Crippen molar-refractivity contribution in [3.8, 4) is 0 Å². The van der Waals surface area contributed by atoms with Gasteiger partial charge in [-0.2, -0.15) is 0 Å². The molecule has 7 heteroatoms. The summed E-state index contributed by atoms with van der Waals surface area (Å²) in [5.41, 5.74) is -0.430. The van der Waals surface area contributed by atoms with Crippen molar-refractivity contribution in [2.45, 2.75) is 39.7 Å². The maximum Gasteiger partial charge on any atom is 0.354 e. The van der Waals surface area contributed by atoms with Crippen molar-refractivity contribution in [3.63, 3.8) is 0 Å². The molecule has 0 spiro atoms. The van der Waals surface area contributed by atoms with Gasteiger partial charge in [0.25, 0.3) is 0 Å². The van der Waals surface area contributed by atoms with Gasteiger partial charge in [-0.3, -0.25) is 10.1 Å². The number of nitrogens with one attached hydrogen (secondary N) is 1. The number of carboxylic acids is 1. The molecule has 1 aromatic heterocycles. The molecular weight excluding hydrogens is 262 g/mol. The van der Waals surface area contributed by atoms with Crippen molar-refractivity contribution in [1.82, 2.24) is 4.98 Å². The van der Waals surface area contributed by atoms with Gasteiger partial charge in [0.1, 0.15) is 0 Å². The molecule has 0 fully saturated rings. The molecule has 0 bridgehead atoms. The van der Waals surface area contributed by atoms with E-state index >= 15 is 0 Å². The first-order valence-corrected chi connectivity index (χ1v) is 6.46. The maximum absolute atomic E-state index is 10.9. The number of hydrogen-bond donors (Lipinski definition) is 2. The zero-order chi connectivity index (χ0) is 15.3. The minimum absolute atomic E-state index is 0.00570. The first-order valence-electron chi connectivity index (χ1n) is 6.46. The lowest BCUT2D eigenvalue weighted by molar-refractivity contribution is -0.384. The monoisotopic (exact) mass is 281 g/mol. The zero-order valence-corrected chi connectivity index (χ0v) is 11.8. The number of aromatic carboxylic acids is 1. The molecule has 20 heavy (non-hydrogen) atoms. The van der Waals surface area contributed by atoms with E-state index in [2.05, 4.69) is 24.1 Å². The fourth-order valence-corrected chi connectivity index (χ4v) is 1.71. The summed E-state index contributed by atoms with van der Waals surface area (Å²) in [7, 11) is 0. The molecule has 0 aliphatic heterocycles. The molecule has 1 rings (SSSR count). The quantitative estimate of drug-likeness (QED) is 0.588. The Kier molecular flexibility index (Phi) is 5.42. The van der Waals surface area contributed by atoms with Crippen molar-refractivity contribution in [2.24, 2.45) is 5.92 Å². The predicted octanol–water partition coefficient (Wildman–Crippen LogP) is 2.92. The van der Waals surface area contributed by atoms with E-state index in [-0.39, 0.29) is 23.2 Å². The summed E-state index contributed by atoms with van der Waals surface area (Å²) < 4.78 is 0. The highest BCUT2D eigenvalue weighted by Gasteiger charge is 2.19. The first-order chi connectivity index (χ1) is 9.31. The largest absolute Gasteiger partial charge is 0.477 e. The Morgan fingerprint density at radius 1 is 1.40 bits per heavy atom. The van der Waals surface area contributed by atoms with Crippen LogP contribution in [0.2, 0.25) is 0 Å². The molecule has 110 valence electrons. The second kappa shape index (κ2) is 6.83. The van der Waals surface area contributed by atoms with Crippen LogP contribution in [0.3, 0.4) is 0 Å². The standard InChI is InChI=1S/C13H19N3O4/c1-8(2)4-5-9(3)14-12-11(16(19)20)7-6-10(15-12)13(17)18/h6-9H,4-5H2,1-3H3,(H,14,15)(H,17,18). The van der Waals surface area contributed by atoms with Crippen molar-refractivity contribution in [3.05, 3.63) is 27.9 Å². The summed E-state index contributed by atoms with van der Waals surface area (Å²) in [6.07, 6.45) is 1.80. The van der Waals surface area contributed by atoms with Crippen LogP contribution in [0.5, 0.6) is 0 Å². The van der Waals surface area contributed by atoms with E-state index in [1.807, 2.05) is 6.92 Å². The van der Waals surface area contributed by atoms with Gasteiger partial charge in [-0.25, -0.2) is 9.78 Å². The Morgan fingerprint density at radius 3 is 2.55 bits per heavy atom. The van der Waals surface area contributed by atoms with Gasteiger partial charge in [-0.15, -0.1) is 0 Å². The maximum atomic E-state index is 10.9. The number of rotatable bonds is 7. The molecule has 0 aliphatic rings.